The van der Waals surface area contributed by atoms with Crippen molar-refractivity contribution in [3.8, 4) is 17.2 Å². The molecule has 1 aliphatic heterocycles. The monoisotopic (exact) mass is 265 g/mol. The van der Waals surface area contributed by atoms with Crippen LogP contribution in [0.15, 0.2) is 18.2 Å². The van der Waals surface area contributed by atoms with Crippen molar-refractivity contribution in [2.45, 2.75) is 45.8 Å². The third-order valence-electron chi connectivity index (χ3n) is 3.33. The van der Waals surface area contributed by atoms with E-state index < -0.39 is 0 Å². The van der Waals surface area contributed by atoms with Crippen LogP contribution in [0.5, 0.6) is 17.2 Å². The summed E-state index contributed by atoms with van der Waals surface area (Å²) in [6, 6.07) is 6.08. The lowest BCUT2D eigenvalue weighted by atomic mass is 10.1. The summed E-state index contributed by atoms with van der Waals surface area (Å²) in [6.07, 6.45) is 2.30. The Hall–Kier alpha value is -1.42. The van der Waals surface area contributed by atoms with Crippen molar-refractivity contribution in [1.82, 2.24) is 5.32 Å². The Bertz CT molecular complexity index is 408. The summed E-state index contributed by atoms with van der Waals surface area (Å²) in [5.74, 6) is 2.38. The zero-order chi connectivity index (χ0) is 13.7. The summed E-state index contributed by atoms with van der Waals surface area (Å²) in [4.78, 5) is 0. The van der Waals surface area contributed by atoms with Crippen molar-refractivity contribution in [2.75, 3.05) is 13.3 Å². The predicted octanol–water partition coefficient (Wildman–Crippen LogP) is 2.96. The van der Waals surface area contributed by atoms with Gasteiger partial charge < -0.3 is 19.5 Å². The Morgan fingerprint density at radius 1 is 1.26 bits per heavy atom. The molecule has 0 bridgehead atoms. The molecule has 0 saturated heterocycles. The van der Waals surface area contributed by atoms with Gasteiger partial charge >= 0.3 is 0 Å². The first-order valence-electron chi connectivity index (χ1n) is 7.04. The maximum atomic E-state index is 5.99. The average Bonchev–Trinajstić information content (AvgIpc) is 2.87. The van der Waals surface area contributed by atoms with Crippen molar-refractivity contribution in [1.29, 1.82) is 0 Å². The van der Waals surface area contributed by atoms with E-state index in [2.05, 4.69) is 26.1 Å². The quantitative estimate of drug-likeness (QED) is 0.822. The Morgan fingerprint density at radius 3 is 2.79 bits per heavy atom. The van der Waals surface area contributed by atoms with E-state index in [9.17, 15) is 0 Å². The van der Waals surface area contributed by atoms with Crippen LogP contribution in [0.1, 0.15) is 33.6 Å². The molecule has 1 aliphatic rings. The van der Waals surface area contributed by atoms with Gasteiger partial charge in [0, 0.05) is 12.1 Å². The molecule has 0 aromatic heterocycles. The van der Waals surface area contributed by atoms with E-state index in [1.54, 1.807) is 0 Å². The summed E-state index contributed by atoms with van der Waals surface area (Å²) >= 11 is 0. The lowest BCUT2D eigenvalue weighted by Gasteiger charge is -2.25. The first kappa shape index (κ1) is 14.0. The second-order valence-corrected chi connectivity index (χ2v) is 4.81. The molecule has 2 unspecified atom stereocenters. The van der Waals surface area contributed by atoms with Crippen LogP contribution in [0.4, 0.5) is 0 Å². The molecule has 2 rings (SSSR count). The minimum Gasteiger partial charge on any atom is -0.489 e. The van der Waals surface area contributed by atoms with E-state index in [0.29, 0.717) is 12.8 Å². The van der Waals surface area contributed by atoms with E-state index in [4.69, 9.17) is 14.2 Å². The number of nitrogens with one attached hydrogen (secondary N) is 1. The number of rotatable bonds is 7. The summed E-state index contributed by atoms with van der Waals surface area (Å²) < 4.78 is 16.6. The van der Waals surface area contributed by atoms with Crippen LogP contribution >= 0.6 is 0 Å². The van der Waals surface area contributed by atoms with Crippen LogP contribution in [-0.2, 0) is 0 Å². The number of hydrogen-bond acceptors (Lipinski definition) is 4. The van der Waals surface area contributed by atoms with Crippen molar-refractivity contribution < 1.29 is 14.2 Å². The highest BCUT2D eigenvalue weighted by molar-refractivity contribution is 5.46. The van der Waals surface area contributed by atoms with Gasteiger partial charge in [0.15, 0.2) is 11.5 Å². The van der Waals surface area contributed by atoms with Gasteiger partial charge in [-0.15, -0.1) is 0 Å². The zero-order valence-corrected chi connectivity index (χ0v) is 11.9. The maximum Gasteiger partial charge on any atom is 0.231 e. The number of ether oxygens (including phenoxy) is 3. The van der Waals surface area contributed by atoms with Gasteiger partial charge in [0.25, 0.3) is 0 Å². The fourth-order valence-corrected chi connectivity index (χ4v) is 2.22. The smallest absolute Gasteiger partial charge is 0.231 e. The molecule has 2 atom stereocenters. The van der Waals surface area contributed by atoms with Gasteiger partial charge in [-0.25, -0.2) is 0 Å². The third kappa shape index (κ3) is 3.53. The molecule has 0 spiro atoms. The van der Waals surface area contributed by atoms with Gasteiger partial charge in [-0.2, -0.15) is 0 Å². The molecule has 0 amide bonds. The zero-order valence-electron chi connectivity index (χ0n) is 11.9. The molecule has 0 radical (unpaired) electrons. The highest BCUT2D eigenvalue weighted by Gasteiger charge is 2.18. The van der Waals surface area contributed by atoms with Crippen molar-refractivity contribution in [3.63, 3.8) is 0 Å². The van der Waals surface area contributed by atoms with Crippen LogP contribution < -0.4 is 19.5 Å². The van der Waals surface area contributed by atoms with Crippen LogP contribution in [-0.4, -0.2) is 25.5 Å². The topological polar surface area (TPSA) is 39.7 Å². The Kier molecular flexibility index (Phi) is 4.91. The normalized spacial score (nSPS) is 16.2. The molecule has 1 heterocycles. The molecule has 0 aliphatic carbocycles. The number of fused-ring (bicyclic) bond motifs is 1. The molecule has 1 aromatic carbocycles. The molecule has 4 heteroatoms. The maximum absolute atomic E-state index is 5.99. The third-order valence-corrected chi connectivity index (χ3v) is 3.33. The molecule has 106 valence electrons. The molecule has 0 fully saturated rings. The fourth-order valence-electron chi connectivity index (χ4n) is 2.22. The van der Waals surface area contributed by atoms with Crippen molar-refractivity contribution in [2.24, 2.45) is 0 Å². The largest absolute Gasteiger partial charge is 0.489 e. The molecule has 19 heavy (non-hydrogen) atoms. The fraction of sp³-hybridized carbons (Fsp3) is 0.600. The number of benzene rings is 1. The van der Waals surface area contributed by atoms with E-state index >= 15 is 0 Å². The van der Waals surface area contributed by atoms with Crippen LogP contribution in [0, 0.1) is 0 Å². The second kappa shape index (κ2) is 6.66. The number of hydrogen-bond donors (Lipinski definition) is 1. The van der Waals surface area contributed by atoms with E-state index in [1.165, 1.54) is 0 Å². The van der Waals surface area contributed by atoms with Gasteiger partial charge in [-0.3, -0.25) is 0 Å². The standard InChI is InChI=1S/C15H23NO3/c1-4-8-16-13(5-2)11(3)19-12-6-7-14-15(9-12)18-10-17-14/h6-7,9,11,13,16H,4-5,8,10H2,1-3H3. The van der Waals surface area contributed by atoms with Crippen molar-refractivity contribution >= 4 is 0 Å². The highest BCUT2D eigenvalue weighted by atomic mass is 16.7. The lowest BCUT2D eigenvalue weighted by Crippen LogP contribution is -2.41. The molecular weight excluding hydrogens is 242 g/mol. The highest BCUT2D eigenvalue weighted by Crippen LogP contribution is 2.35. The lowest BCUT2D eigenvalue weighted by molar-refractivity contribution is 0.165. The summed E-state index contributed by atoms with van der Waals surface area (Å²) in [6.45, 7) is 7.76. The first-order chi connectivity index (χ1) is 9.24. The summed E-state index contributed by atoms with van der Waals surface area (Å²) in [5.41, 5.74) is 0. The average molecular weight is 265 g/mol. The molecule has 1 aromatic rings. The van der Waals surface area contributed by atoms with Gasteiger partial charge in [0.2, 0.25) is 6.79 Å². The first-order valence-corrected chi connectivity index (χ1v) is 7.04. The van der Waals surface area contributed by atoms with E-state index in [-0.39, 0.29) is 6.10 Å². The van der Waals surface area contributed by atoms with E-state index in [0.717, 1.165) is 36.6 Å². The van der Waals surface area contributed by atoms with Crippen LogP contribution in [0.2, 0.25) is 0 Å². The Labute approximate surface area is 115 Å². The minimum atomic E-state index is 0.122. The van der Waals surface area contributed by atoms with Crippen LogP contribution in [0.25, 0.3) is 0 Å². The molecule has 1 N–H and O–H groups in total. The SMILES string of the molecule is CCCNC(CC)C(C)Oc1ccc2c(c1)OCO2. The van der Waals surface area contributed by atoms with Gasteiger partial charge in [0.05, 0.1) is 0 Å². The second-order valence-electron chi connectivity index (χ2n) is 4.81. The molecular formula is C15H23NO3. The van der Waals surface area contributed by atoms with Gasteiger partial charge in [-0.1, -0.05) is 13.8 Å². The van der Waals surface area contributed by atoms with Gasteiger partial charge in [-0.05, 0) is 38.4 Å². The van der Waals surface area contributed by atoms with Crippen LogP contribution in [0.3, 0.4) is 0 Å². The molecule has 4 nitrogen and oxygen atoms in total. The Morgan fingerprint density at radius 2 is 2.05 bits per heavy atom. The van der Waals surface area contributed by atoms with Gasteiger partial charge in [0.1, 0.15) is 11.9 Å². The summed E-state index contributed by atoms with van der Waals surface area (Å²) in [7, 11) is 0. The summed E-state index contributed by atoms with van der Waals surface area (Å²) in [5, 5.41) is 3.51. The Balaban J connectivity index is 1.95. The molecule has 0 saturated carbocycles. The van der Waals surface area contributed by atoms with E-state index in [1.807, 2.05) is 18.2 Å². The van der Waals surface area contributed by atoms with Crippen molar-refractivity contribution in [3.05, 3.63) is 18.2 Å². The predicted molar refractivity (Wildman–Crippen MR) is 75.0 cm³/mol. The minimum absolute atomic E-state index is 0.122.